The number of thiazole rings is 1. The molecule has 0 bridgehead atoms. The highest BCUT2D eigenvalue weighted by molar-refractivity contribution is 7.07. The van der Waals surface area contributed by atoms with Crippen molar-refractivity contribution in [1.29, 1.82) is 0 Å². The molecule has 8 heteroatoms. The third-order valence-corrected chi connectivity index (χ3v) is 2.98. The van der Waals surface area contributed by atoms with Crippen molar-refractivity contribution in [2.75, 3.05) is 0 Å². The lowest BCUT2D eigenvalue weighted by molar-refractivity contribution is 0.0950. The van der Waals surface area contributed by atoms with E-state index in [9.17, 15) is 4.79 Å². The average Bonchev–Trinajstić information content (AvgIpc) is 2.82. The van der Waals surface area contributed by atoms with Crippen LogP contribution in [0.25, 0.3) is 0 Å². The second-order valence-corrected chi connectivity index (χ2v) is 4.50. The van der Waals surface area contributed by atoms with E-state index < -0.39 is 0 Å². The maximum Gasteiger partial charge on any atom is 0.254 e. The summed E-state index contributed by atoms with van der Waals surface area (Å²) >= 11 is 12.8. The Bertz CT molecular complexity index is 532. The summed E-state index contributed by atoms with van der Waals surface area (Å²) in [5, 5.41) is 11.7. The lowest BCUT2D eigenvalue weighted by atomic mass is 10.3. The van der Waals surface area contributed by atoms with Gasteiger partial charge in [-0.2, -0.15) is 0 Å². The number of nitrogens with zero attached hydrogens (tertiary/aromatic N) is 3. The largest absolute Gasteiger partial charge is 0.346 e. The highest BCUT2D eigenvalue weighted by Gasteiger charge is 2.13. The van der Waals surface area contributed by atoms with Crippen LogP contribution in [-0.2, 0) is 6.54 Å². The zero-order valence-corrected chi connectivity index (χ0v) is 10.7. The Morgan fingerprint density at radius 2 is 2.24 bits per heavy atom. The third-order valence-electron chi connectivity index (χ3n) is 1.88. The first-order valence-electron chi connectivity index (χ1n) is 4.51. The number of nitrogens with one attached hydrogen (secondary N) is 1. The second kappa shape index (κ2) is 5.39. The van der Waals surface area contributed by atoms with E-state index in [4.69, 9.17) is 23.2 Å². The number of hydrogen-bond acceptors (Lipinski definition) is 5. The summed E-state index contributed by atoms with van der Waals surface area (Å²) in [5.74, 6) is -0.361. The van der Waals surface area contributed by atoms with Gasteiger partial charge in [0.1, 0.15) is 0 Å². The Kier molecular flexibility index (Phi) is 3.88. The Hall–Kier alpha value is -1.24. The van der Waals surface area contributed by atoms with Crippen LogP contribution in [0.5, 0.6) is 0 Å². The second-order valence-electron chi connectivity index (χ2n) is 3.03. The number of carbonyl (C=O) groups excluding carboxylic acids is 1. The minimum atomic E-state index is -0.361. The average molecular weight is 289 g/mol. The van der Waals surface area contributed by atoms with Crippen LogP contribution in [0.4, 0.5) is 0 Å². The number of carbonyl (C=O) groups is 1. The SMILES string of the molecule is O=C(NCc1cscn1)c1cc(Cl)nnc1Cl. The predicted molar refractivity (Wildman–Crippen MR) is 65.3 cm³/mol. The lowest BCUT2D eigenvalue weighted by Gasteiger charge is -2.04. The molecule has 0 saturated heterocycles. The van der Waals surface area contributed by atoms with Crippen molar-refractivity contribution >= 4 is 40.4 Å². The molecule has 2 aromatic heterocycles. The fraction of sp³-hybridized carbons (Fsp3) is 0.111. The van der Waals surface area contributed by atoms with Gasteiger partial charge in [-0.3, -0.25) is 4.79 Å². The van der Waals surface area contributed by atoms with Crippen LogP contribution >= 0.6 is 34.5 Å². The van der Waals surface area contributed by atoms with E-state index in [1.807, 2.05) is 5.38 Å². The molecule has 0 unspecified atom stereocenters. The van der Waals surface area contributed by atoms with Gasteiger partial charge in [-0.25, -0.2) is 4.98 Å². The topological polar surface area (TPSA) is 67.8 Å². The van der Waals surface area contributed by atoms with Crippen molar-refractivity contribution in [1.82, 2.24) is 20.5 Å². The fourth-order valence-corrected chi connectivity index (χ4v) is 1.99. The van der Waals surface area contributed by atoms with Gasteiger partial charge >= 0.3 is 0 Å². The van der Waals surface area contributed by atoms with Gasteiger partial charge in [0.2, 0.25) is 0 Å². The molecular weight excluding hydrogens is 283 g/mol. The van der Waals surface area contributed by atoms with E-state index in [0.29, 0.717) is 6.54 Å². The monoisotopic (exact) mass is 288 g/mol. The molecular formula is C9H6Cl2N4OS. The molecule has 0 atom stereocenters. The molecule has 2 heterocycles. The van der Waals surface area contributed by atoms with Crippen molar-refractivity contribution in [3.8, 4) is 0 Å². The quantitative estimate of drug-likeness (QED) is 0.940. The first-order chi connectivity index (χ1) is 8.16. The van der Waals surface area contributed by atoms with Gasteiger partial charge < -0.3 is 5.32 Å². The van der Waals surface area contributed by atoms with E-state index in [2.05, 4.69) is 20.5 Å². The molecule has 0 fully saturated rings. The van der Waals surface area contributed by atoms with Gasteiger partial charge in [0, 0.05) is 5.38 Å². The summed E-state index contributed by atoms with van der Waals surface area (Å²) in [7, 11) is 0. The molecule has 0 aliphatic carbocycles. The molecule has 0 saturated carbocycles. The van der Waals surface area contributed by atoms with Crippen LogP contribution in [-0.4, -0.2) is 21.1 Å². The standard InChI is InChI=1S/C9H6Cl2N4OS/c10-7-1-6(8(11)15-14-7)9(16)12-2-5-3-17-4-13-5/h1,3-4H,2H2,(H,12,16). The highest BCUT2D eigenvalue weighted by atomic mass is 35.5. The predicted octanol–water partition coefficient (Wildman–Crippen LogP) is 2.17. The van der Waals surface area contributed by atoms with Crippen LogP contribution in [0.3, 0.4) is 0 Å². The molecule has 0 radical (unpaired) electrons. The Labute approximate surface area is 111 Å². The van der Waals surface area contributed by atoms with E-state index in [-0.39, 0.29) is 21.8 Å². The van der Waals surface area contributed by atoms with Crippen LogP contribution in [0, 0.1) is 0 Å². The lowest BCUT2D eigenvalue weighted by Crippen LogP contribution is -2.23. The van der Waals surface area contributed by atoms with Gasteiger partial charge in [-0.15, -0.1) is 21.5 Å². The van der Waals surface area contributed by atoms with Crippen LogP contribution in [0.2, 0.25) is 10.3 Å². The summed E-state index contributed by atoms with van der Waals surface area (Å²) in [6, 6.07) is 1.37. The molecule has 5 nitrogen and oxygen atoms in total. The molecule has 0 aromatic carbocycles. The van der Waals surface area contributed by atoms with Crippen molar-refractivity contribution in [2.24, 2.45) is 0 Å². The maximum atomic E-state index is 11.8. The van der Waals surface area contributed by atoms with Gasteiger partial charge in [-0.05, 0) is 6.07 Å². The van der Waals surface area contributed by atoms with E-state index in [0.717, 1.165) is 5.69 Å². The van der Waals surface area contributed by atoms with Crippen LogP contribution in [0.1, 0.15) is 16.1 Å². The van der Waals surface area contributed by atoms with E-state index in [1.165, 1.54) is 17.4 Å². The Morgan fingerprint density at radius 1 is 1.41 bits per heavy atom. The minimum absolute atomic E-state index is 0.0187. The summed E-state index contributed by atoms with van der Waals surface area (Å²) in [6.45, 7) is 0.332. The zero-order valence-electron chi connectivity index (χ0n) is 8.35. The highest BCUT2D eigenvalue weighted by Crippen LogP contribution is 2.15. The molecule has 0 aliphatic heterocycles. The number of amides is 1. The van der Waals surface area contributed by atoms with E-state index >= 15 is 0 Å². The molecule has 0 spiro atoms. The first-order valence-corrected chi connectivity index (χ1v) is 6.20. The first kappa shape index (κ1) is 12.2. The summed E-state index contributed by atoms with van der Waals surface area (Å²) in [4.78, 5) is 15.8. The number of hydrogen-bond donors (Lipinski definition) is 1. The smallest absolute Gasteiger partial charge is 0.254 e. The molecule has 1 amide bonds. The number of halogens is 2. The summed E-state index contributed by atoms with van der Waals surface area (Å²) < 4.78 is 0. The molecule has 1 N–H and O–H groups in total. The molecule has 2 rings (SSSR count). The summed E-state index contributed by atoms with van der Waals surface area (Å²) in [5.41, 5.74) is 2.67. The van der Waals surface area contributed by atoms with E-state index in [1.54, 1.807) is 5.51 Å². The van der Waals surface area contributed by atoms with Gasteiger partial charge in [0.25, 0.3) is 5.91 Å². The molecule has 2 aromatic rings. The third kappa shape index (κ3) is 3.12. The van der Waals surface area contributed by atoms with Crippen molar-refractivity contribution in [3.63, 3.8) is 0 Å². The van der Waals surface area contributed by atoms with Crippen molar-refractivity contribution < 1.29 is 4.79 Å². The van der Waals surface area contributed by atoms with Gasteiger partial charge in [0.05, 0.1) is 23.3 Å². The maximum absolute atomic E-state index is 11.8. The summed E-state index contributed by atoms with van der Waals surface area (Å²) in [6.07, 6.45) is 0. The number of aromatic nitrogens is 3. The Morgan fingerprint density at radius 3 is 2.94 bits per heavy atom. The molecule has 88 valence electrons. The van der Waals surface area contributed by atoms with Crippen molar-refractivity contribution in [2.45, 2.75) is 6.54 Å². The van der Waals surface area contributed by atoms with Gasteiger partial charge in [-0.1, -0.05) is 23.2 Å². The molecule has 0 aliphatic rings. The number of rotatable bonds is 3. The van der Waals surface area contributed by atoms with Crippen LogP contribution < -0.4 is 5.32 Å². The van der Waals surface area contributed by atoms with Gasteiger partial charge in [0.15, 0.2) is 10.3 Å². The zero-order chi connectivity index (χ0) is 12.3. The fourth-order valence-electron chi connectivity index (χ4n) is 1.10. The molecule has 17 heavy (non-hydrogen) atoms. The Balaban J connectivity index is 2.07. The normalized spacial score (nSPS) is 10.2. The minimum Gasteiger partial charge on any atom is -0.346 e. The van der Waals surface area contributed by atoms with Crippen LogP contribution in [0.15, 0.2) is 17.0 Å². The van der Waals surface area contributed by atoms with Crippen molar-refractivity contribution in [3.05, 3.63) is 38.5 Å².